The second kappa shape index (κ2) is 8.26. The Morgan fingerprint density at radius 3 is 2.46 bits per heavy atom. The highest BCUT2D eigenvalue weighted by Crippen LogP contribution is 2.23. The first-order chi connectivity index (χ1) is 11.4. The molecule has 1 atom stereocenters. The van der Waals surface area contributed by atoms with Crippen LogP contribution in [0.3, 0.4) is 0 Å². The molecule has 0 bridgehead atoms. The Bertz CT molecular complexity index is 704. The van der Waals surface area contributed by atoms with Gasteiger partial charge in [-0.15, -0.1) is 0 Å². The zero-order valence-corrected chi connectivity index (χ0v) is 15.5. The molecule has 24 heavy (non-hydrogen) atoms. The summed E-state index contributed by atoms with van der Waals surface area (Å²) >= 11 is 3.44. The van der Waals surface area contributed by atoms with Crippen LogP contribution in [-0.2, 0) is 0 Å². The number of rotatable bonds is 5. The lowest BCUT2D eigenvalue weighted by Gasteiger charge is -2.25. The molecule has 2 amide bonds. The fourth-order valence-electron chi connectivity index (χ4n) is 2.36. The van der Waals surface area contributed by atoms with Crippen molar-refractivity contribution in [3.05, 3.63) is 63.9 Å². The van der Waals surface area contributed by atoms with E-state index in [9.17, 15) is 9.18 Å². The minimum absolute atomic E-state index is 0.0437. The molecule has 0 aliphatic heterocycles. The molecular weight excluding hydrogens is 373 g/mol. The lowest BCUT2D eigenvalue weighted by atomic mass is 10.1. The molecule has 0 saturated carbocycles. The number of halogens is 2. The number of carbonyl (C=O) groups excluding carboxylic acids is 1. The maximum absolute atomic E-state index is 13.1. The Labute approximate surface area is 150 Å². The summed E-state index contributed by atoms with van der Waals surface area (Å²) in [5, 5.41) is 5.68. The van der Waals surface area contributed by atoms with Crippen molar-refractivity contribution in [1.29, 1.82) is 0 Å². The molecule has 0 fully saturated rings. The van der Waals surface area contributed by atoms with Gasteiger partial charge in [-0.3, -0.25) is 0 Å². The van der Waals surface area contributed by atoms with E-state index < -0.39 is 0 Å². The molecular formula is C18H21BrFN3O. The molecule has 128 valence electrons. The highest BCUT2D eigenvalue weighted by atomic mass is 79.9. The number of nitrogens with zero attached hydrogens (tertiary/aromatic N) is 1. The van der Waals surface area contributed by atoms with Gasteiger partial charge in [0.1, 0.15) is 5.82 Å². The van der Waals surface area contributed by atoms with E-state index in [0.717, 1.165) is 15.6 Å². The van der Waals surface area contributed by atoms with Crippen molar-refractivity contribution in [3.8, 4) is 0 Å². The van der Waals surface area contributed by atoms with E-state index in [1.807, 2.05) is 44.1 Å². The fourth-order valence-corrected chi connectivity index (χ4v) is 2.95. The molecule has 0 radical (unpaired) electrons. The van der Waals surface area contributed by atoms with Crippen molar-refractivity contribution < 1.29 is 9.18 Å². The number of amides is 2. The number of urea groups is 1. The minimum Gasteiger partial charge on any atom is -0.336 e. The molecule has 0 aromatic heterocycles. The SMILES string of the molecule is Cc1ccc(NC(=O)NCC(c2ccc(F)cc2)N(C)C)c(Br)c1. The predicted octanol–water partition coefficient (Wildman–Crippen LogP) is 4.32. The summed E-state index contributed by atoms with van der Waals surface area (Å²) in [6, 6.07) is 11.7. The third-order valence-electron chi connectivity index (χ3n) is 3.71. The van der Waals surface area contributed by atoms with E-state index >= 15 is 0 Å². The summed E-state index contributed by atoms with van der Waals surface area (Å²) in [7, 11) is 3.84. The Morgan fingerprint density at radius 2 is 1.88 bits per heavy atom. The molecule has 0 heterocycles. The van der Waals surface area contributed by atoms with Gasteiger partial charge in [-0.05, 0) is 72.3 Å². The van der Waals surface area contributed by atoms with Crippen LogP contribution in [-0.4, -0.2) is 31.6 Å². The van der Waals surface area contributed by atoms with Gasteiger partial charge in [-0.2, -0.15) is 0 Å². The van der Waals surface area contributed by atoms with Crippen LogP contribution in [0.15, 0.2) is 46.9 Å². The average molecular weight is 394 g/mol. The van der Waals surface area contributed by atoms with Gasteiger partial charge in [0.25, 0.3) is 0 Å². The maximum atomic E-state index is 13.1. The van der Waals surface area contributed by atoms with Crippen LogP contribution >= 0.6 is 15.9 Å². The van der Waals surface area contributed by atoms with Gasteiger partial charge in [0.2, 0.25) is 0 Å². The van der Waals surface area contributed by atoms with Crippen LogP contribution in [0.5, 0.6) is 0 Å². The normalized spacial score (nSPS) is 12.1. The van der Waals surface area contributed by atoms with E-state index in [1.54, 1.807) is 12.1 Å². The Morgan fingerprint density at radius 1 is 1.21 bits per heavy atom. The first-order valence-corrected chi connectivity index (χ1v) is 8.39. The smallest absolute Gasteiger partial charge is 0.319 e. The van der Waals surface area contributed by atoms with Gasteiger partial charge in [0.15, 0.2) is 0 Å². The Hall–Kier alpha value is -1.92. The summed E-state index contributed by atoms with van der Waals surface area (Å²) in [5.41, 5.74) is 2.76. The van der Waals surface area contributed by atoms with Crippen molar-refractivity contribution in [1.82, 2.24) is 10.2 Å². The number of benzene rings is 2. The molecule has 0 spiro atoms. The molecule has 2 aromatic rings. The van der Waals surface area contributed by atoms with Crippen molar-refractivity contribution in [2.45, 2.75) is 13.0 Å². The number of nitrogens with one attached hydrogen (secondary N) is 2. The van der Waals surface area contributed by atoms with Crippen LogP contribution in [0.4, 0.5) is 14.9 Å². The third-order valence-corrected chi connectivity index (χ3v) is 4.36. The van der Waals surface area contributed by atoms with E-state index in [0.29, 0.717) is 12.2 Å². The lowest BCUT2D eigenvalue weighted by molar-refractivity contribution is 0.243. The fraction of sp³-hybridized carbons (Fsp3) is 0.278. The van der Waals surface area contributed by atoms with Crippen molar-refractivity contribution in [3.63, 3.8) is 0 Å². The summed E-state index contributed by atoms with van der Waals surface area (Å²) in [5.74, 6) is -0.272. The van der Waals surface area contributed by atoms with E-state index in [-0.39, 0.29) is 17.9 Å². The first kappa shape index (κ1) is 18.4. The predicted molar refractivity (Wildman–Crippen MR) is 98.7 cm³/mol. The maximum Gasteiger partial charge on any atom is 0.319 e. The second-order valence-electron chi connectivity index (χ2n) is 5.85. The van der Waals surface area contributed by atoms with Gasteiger partial charge in [0.05, 0.1) is 11.7 Å². The summed E-state index contributed by atoms with van der Waals surface area (Å²) in [6.45, 7) is 2.40. The number of likely N-dealkylation sites (N-methyl/N-ethyl adjacent to an activating group) is 1. The number of hydrogen-bond donors (Lipinski definition) is 2. The molecule has 0 aliphatic carbocycles. The van der Waals surface area contributed by atoms with Gasteiger partial charge < -0.3 is 15.5 Å². The van der Waals surface area contributed by atoms with Gasteiger partial charge in [-0.1, -0.05) is 18.2 Å². The highest BCUT2D eigenvalue weighted by Gasteiger charge is 2.15. The molecule has 2 aromatic carbocycles. The summed E-state index contributed by atoms with van der Waals surface area (Å²) < 4.78 is 13.9. The molecule has 0 aliphatic rings. The quantitative estimate of drug-likeness (QED) is 0.794. The van der Waals surface area contributed by atoms with Crippen molar-refractivity contribution in [2.75, 3.05) is 26.0 Å². The number of aryl methyl sites for hydroxylation is 1. The Balaban J connectivity index is 1.98. The van der Waals surface area contributed by atoms with Gasteiger partial charge >= 0.3 is 6.03 Å². The zero-order valence-electron chi connectivity index (χ0n) is 13.9. The van der Waals surface area contributed by atoms with Crippen molar-refractivity contribution in [2.24, 2.45) is 0 Å². The third kappa shape index (κ3) is 5.04. The van der Waals surface area contributed by atoms with Crippen LogP contribution < -0.4 is 10.6 Å². The molecule has 6 heteroatoms. The van der Waals surface area contributed by atoms with Crippen molar-refractivity contribution >= 4 is 27.6 Å². The molecule has 2 rings (SSSR count). The van der Waals surface area contributed by atoms with Crippen LogP contribution in [0, 0.1) is 12.7 Å². The average Bonchev–Trinajstić information content (AvgIpc) is 2.52. The Kier molecular flexibility index (Phi) is 6.34. The molecule has 0 saturated heterocycles. The minimum atomic E-state index is -0.284. The molecule has 4 nitrogen and oxygen atoms in total. The van der Waals surface area contributed by atoms with Crippen LogP contribution in [0.25, 0.3) is 0 Å². The van der Waals surface area contributed by atoms with Gasteiger partial charge in [0, 0.05) is 11.0 Å². The summed E-state index contributed by atoms with van der Waals surface area (Å²) in [4.78, 5) is 14.1. The van der Waals surface area contributed by atoms with E-state index in [1.165, 1.54) is 12.1 Å². The van der Waals surface area contributed by atoms with E-state index in [2.05, 4.69) is 26.6 Å². The monoisotopic (exact) mass is 393 g/mol. The number of carbonyl (C=O) groups is 1. The molecule has 2 N–H and O–H groups in total. The number of anilines is 1. The van der Waals surface area contributed by atoms with E-state index in [4.69, 9.17) is 0 Å². The first-order valence-electron chi connectivity index (χ1n) is 7.59. The van der Waals surface area contributed by atoms with Gasteiger partial charge in [-0.25, -0.2) is 9.18 Å². The van der Waals surface area contributed by atoms with Crippen LogP contribution in [0.2, 0.25) is 0 Å². The zero-order chi connectivity index (χ0) is 17.7. The second-order valence-corrected chi connectivity index (χ2v) is 6.70. The standard InChI is InChI=1S/C18H21BrFN3O/c1-12-4-9-16(15(19)10-12)22-18(24)21-11-17(23(2)3)13-5-7-14(20)8-6-13/h4-10,17H,11H2,1-3H3,(H2,21,22,24). The number of hydrogen-bond acceptors (Lipinski definition) is 2. The largest absolute Gasteiger partial charge is 0.336 e. The lowest BCUT2D eigenvalue weighted by Crippen LogP contribution is -2.37. The topological polar surface area (TPSA) is 44.4 Å². The molecule has 1 unspecified atom stereocenters. The highest BCUT2D eigenvalue weighted by molar-refractivity contribution is 9.10. The summed E-state index contributed by atoms with van der Waals surface area (Å²) in [6.07, 6.45) is 0. The van der Waals surface area contributed by atoms with Crippen LogP contribution in [0.1, 0.15) is 17.2 Å².